The topological polar surface area (TPSA) is 72.7 Å². The quantitative estimate of drug-likeness (QED) is 0.491. The number of nitrogens with one attached hydrogen (secondary N) is 2. The third-order valence-electron chi connectivity index (χ3n) is 3.57. The minimum absolute atomic E-state index is 0.373. The van der Waals surface area contributed by atoms with Crippen molar-refractivity contribution in [2.45, 2.75) is 13.8 Å². The van der Waals surface area contributed by atoms with Gasteiger partial charge in [-0.15, -0.1) is 0 Å². The Morgan fingerprint density at radius 2 is 1.96 bits per heavy atom. The monoisotopic (exact) mass is 347 g/mol. The number of anilines is 1. The Hall–Kier alpha value is -2.61. The number of methoxy groups -OCH3 is 2. The smallest absolute Gasteiger partial charge is 0.191 e. The number of thiocarbonyl (C=S) groups is 1. The number of rotatable bonds is 5. The molecule has 2 aromatic rings. The molecule has 0 spiro atoms. The molecule has 0 bridgehead atoms. The lowest BCUT2D eigenvalue weighted by atomic mass is 10.2. The van der Waals surface area contributed by atoms with Gasteiger partial charge in [0.1, 0.15) is 0 Å². The molecule has 0 radical (unpaired) electrons. The van der Waals surface area contributed by atoms with Crippen LogP contribution in [0.2, 0.25) is 0 Å². The molecule has 2 N–H and O–H groups in total. The van der Waals surface area contributed by atoms with Gasteiger partial charge in [-0.1, -0.05) is 0 Å². The van der Waals surface area contributed by atoms with Crippen LogP contribution in [0.15, 0.2) is 23.3 Å². The highest BCUT2D eigenvalue weighted by molar-refractivity contribution is 7.80. The molecule has 2 rings (SSSR count). The molecule has 0 aliphatic carbocycles. The number of hydrazone groups is 1. The second kappa shape index (κ2) is 7.78. The maximum Gasteiger partial charge on any atom is 0.191 e. The van der Waals surface area contributed by atoms with Crippen LogP contribution < -0.4 is 20.2 Å². The van der Waals surface area contributed by atoms with Gasteiger partial charge in [-0.25, -0.2) is 0 Å². The van der Waals surface area contributed by atoms with Crippen molar-refractivity contribution >= 4 is 29.2 Å². The standard InChI is InChI=1S/C16H21N5O2S/c1-10-13(11(2)21(3)20-10)9-17-19-16(24)18-12-6-7-14(22-4)15(8-12)23-5/h6-9H,1-5H3,(H2,18,19,24)/b17-9-. The van der Waals surface area contributed by atoms with Gasteiger partial charge in [-0.3, -0.25) is 10.1 Å². The van der Waals surface area contributed by atoms with E-state index in [2.05, 4.69) is 20.9 Å². The molecule has 1 heterocycles. The second-order valence-corrected chi connectivity index (χ2v) is 5.51. The Balaban J connectivity index is 2.00. The molecular weight excluding hydrogens is 326 g/mol. The van der Waals surface area contributed by atoms with Crippen LogP contribution in [0.5, 0.6) is 11.5 Å². The van der Waals surface area contributed by atoms with Gasteiger partial charge in [0.05, 0.1) is 26.1 Å². The van der Waals surface area contributed by atoms with Crippen molar-refractivity contribution in [3.8, 4) is 11.5 Å². The SMILES string of the molecule is COc1ccc(NC(=S)N/N=C\c2c(C)nn(C)c2C)cc1OC. The van der Waals surface area contributed by atoms with Crippen LogP contribution >= 0.6 is 12.2 Å². The number of benzene rings is 1. The summed E-state index contributed by atoms with van der Waals surface area (Å²) >= 11 is 5.23. The van der Waals surface area contributed by atoms with Crippen LogP contribution in [0, 0.1) is 13.8 Å². The summed E-state index contributed by atoms with van der Waals surface area (Å²) in [5, 5.41) is 11.9. The first-order valence-electron chi connectivity index (χ1n) is 7.28. The van der Waals surface area contributed by atoms with E-state index in [9.17, 15) is 0 Å². The molecular formula is C16H21N5O2S. The molecule has 0 saturated carbocycles. The fourth-order valence-corrected chi connectivity index (χ4v) is 2.38. The summed E-state index contributed by atoms with van der Waals surface area (Å²) in [4.78, 5) is 0. The maximum atomic E-state index is 5.26. The van der Waals surface area contributed by atoms with Crippen LogP contribution in [-0.4, -0.2) is 35.3 Å². The van der Waals surface area contributed by atoms with E-state index in [1.807, 2.05) is 31.6 Å². The highest BCUT2D eigenvalue weighted by atomic mass is 32.1. The first-order chi connectivity index (χ1) is 11.5. The van der Waals surface area contributed by atoms with Gasteiger partial charge >= 0.3 is 0 Å². The lowest BCUT2D eigenvalue weighted by Gasteiger charge is -2.11. The summed E-state index contributed by atoms with van der Waals surface area (Å²) in [6, 6.07) is 5.44. The number of nitrogens with zero attached hydrogens (tertiary/aromatic N) is 3. The van der Waals surface area contributed by atoms with E-state index in [0.717, 1.165) is 22.6 Å². The number of ether oxygens (including phenoxy) is 2. The van der Waals surface area contributed by atoms with Gasteiger partial charge < -0.3 is 14.8 Å². The van der Waals surface area contributed by atoms with Crippen LogP contribution in [0.4, 0.5) is 5.69 Å². The van der Waals surface area contributed by atoms with E-state index < -0.39 is 0 Å². The van der Waals surface area contributed by atoms with Crippen molar-refractivity contribution in [2.75, 3.05) is 19.5 Å². The Bertz CT molecular complexity index is 770. The third kappa shape index (κ3) is 4.02. The lowest BCUT2D eigenvalue weighted by Crippen LogP contribution is -2.23. The number of hydrogen-bond acceptors (Lipinski definition) is 5. The fourth-order valence-electron chi connectivity index (χ4n) is 2.21. The van der Waals surface area contributed by atoms with Crippen LogP contribution in [0.25, 0.3) is 0 Å². The predicted octanol–water partition coefficient (Wildman–Crippen LogP) is 2.37. The molecule has 128 valence electrons. The van der Waals surface area contributed by atoms with Crippen molar-refractivity contribution < 1.29 is 9.47 Å². The van der Waals surface area contributed by atoms with Gasteiger partial charge in [0.25, 0.3) is 0 Å². The Morgan fingerprint density at radius 1 is 1.25 bits per heavy atom. The molecule has 0 saturated heterocycles. The first kappa shape index (κ1) is 17.7. The van der Waals surface area contributed by atoms with E-state index in [4.69, 9.17) is 21.7 Å². The molecule has 0 aliphatic rings. The molecule has 8 heteroatoms. The number of aromatic nitrogens is 2. The van der Waals surface area contributed by atoms with Crippen molar-refractivity contribution in [2.24, 2.45) is 12.1 Å². The zero-order valence-corrected chi connectivity index (χ0v) is 15.2. The minimum atomic E-state index is 0.373. The van der Waals surface area contributed by atoms with E-state index in [-0.39, 0.29) is 0 Å². The third-order valence-corrected chi connectivity index (χ3v) is 3.76. The van der Waals surface area contributed by atoms with E-state index in [1.54, 1.807) is 32.6 Å². The lowest BCUT2D eigenvalue weighted by molar-refractivity contribution is 0.355. The zero-order chi connectivity index (χ0) is 17.7. The molecule has 0 unspecified atom stereocenters. The molecule has 1 aromatic heterocycles. The molecule has 0 amide bonds. The predicted molar refractivity (Wildman–Crippen MR) is 99.2 cm³/mol. The average molecular weight is 347 g/mol. The molecule has 0 aliphatic heterocycles. The highest BCUT2D eigenvalue weighted by Gasteiger charge is 2.07. The second-order valence-electron chi connectivity index (χ2n) is 5.10. The zero-order valence-electron chi connectivity index (χ0n) is 14.4. The van der Waals surface area contributed by atoms with E-state index in [1.165, 1.54) is 0 Å². The first-order valence-corrected chi connectivity index (χ1v) is 7.69. The summed E-state index contributed by atoms with van der Waals surface area (Å²) in [7, 11) is 5.08. The van der Waals surface area contributed by atoms with Gasteiger partial charge in [-0.2, -0.15) is 10.2 Å². The highest BCUT2D eigenvalue weighted by Crippen LogP contribution is 2.29. The Labute approximate surface area is 146 Å². The largest absolute Gasteiger partial charge is 0.493 e. The van der Waals surface area contributed by atoms with E-state index in [0.29, 0.717) is 16.6 Å². The average Bonchev–Trinajstić information content (AvgIpc) is 2.80. The van der Waals surface area contributed by atoms with Crippen LogP contribution in [-0.2, 0) is 7.05 Å². The fraction of sp³-hybridized carbons (Fsp3) is 0.312. The maximum absolute atomic E-state index is 5.26. The summed E-state index contributed by atoms with van der Waals surface area (Å²) < 4.78 is 12.3. The van der Waals surface area contributed by atoms with Crippen molar-refractivity contribution in [3.05, 3.63) is 35.2 Å². The Morgan fingerprint density at radius 3 is 2.54 bits per heavy atom. The van der Waals surface area contributed by atoms with Gasteiger partial charge in [0, 0.05) is 30.1 Å². The number of hydrogen-bond donors (Lipinski definition) is 2. The van der Waals surface area contributed by atoms with Gasteiger partial charge in [0.15, 0.2) is 16.6 Å². The van der Waals surface area contributed by atoms with Gasteiger partial charge in [-0.05, 0) is 38.2 Å². The molecule has 24 heavy (non-hydrogen) atoms. The molecule has 7 nitrogen and oxygen atoms in total. The van der Waals surface area contributed by atoms with Crippen molar-refractivity contribution in [3.63, 3.8) is 0 Å². The molecule has 1 aromatic carbocycles. The van der Waals surface area contributed by atoms with E-state index >= 15 is 0 Å². The molecule has 0 atom stereocenters. The van der Waals surface area contributed by atoms with Crippen molar-refractivity contribution in [1.29, 1.82) is 0 Å². The summed E-state index contributed by atoms with van der Waals surface area (Å²) in [6.07, 6.45) is 1.71. The normalized spacial score (nSPS) is 10.7. The van der Waals surface area contributed by atoms with Gasteiger partial charge in [0.2, 0.25) is 0 Å². The van der Waals surface area contributed by atoms with Crippen LogP contribution in [0.3, 0.4) is 0 Å². The molecule has 0 fully saturated rings. The summed E-state index contributed by atoms with van der Waals surface area (Å²) in [6.45, 7) is 3.93. The summed E-state index contributed by atoms with van der Waals surface area (Å²) in [5.74, 6) is 1.28. The minimum Gasteiger partial charge on any atom is -0.493 e. The number of aryl methyl sites for hydroxylation is 2. The summed E-state index contributed by atoms with van der Waals surface area (Å²) in [5.41, 5.74) is 6.49. The Kier molecular flexibility index (Phi) is 5.75. The van der Waals surface area contributed by atoms with Crippen LogP contribution in [0.1, 0.15) is 17.0 Å². The van der Waals surface area contributed by atoms with Crippen molar-refractivity contribution in [1.82, 2.24) is 15.2 Å².